The predicted octanol–water partition coefficient (Wildman–Crippen LogP) is 2.54. The number of carbonyl (C=O) groups is 1. The van der Waals surface area contributed by atoms with Crippen LogP contribution in [0.4, 0.5) is 10.5 Å². The topological polar surface area (TPSA) is 75.7 Å². The fourth-order valence-electron chi connectivity index (χ4n) is 3.19. The number of hydrogen-bond acceptors (Lipinski definition) is 4. The van der Waals surface area contributed by atoms with Crippen molar-refractivity contribution in [1.29, 1.82) is 0 Å². The normalized spacial score (nSPS) is 25.5. The molecule has 0 bridgehead atoms. The third-order valence-corrected chi connectivity index (χ3v) is 6.40. The second-order valence-corrected chi connectivity index (χ2v) is 8.95. The Balaban J connectivity index is 1.73. The third-order valence-electron chi connectivity index (χ3n) is 4.41. The number of benzene rings is 1. The molecule has 0 spiro atoms. The van der Waals surface area contributed by atoms with Crippen molar-refractivity contribution in [1.82, 2.24) is 4.90 Å². The van der Waals surface area contributed by atoms with Gasteiger partial charge in [0.15, 0.2) is 9.84 Å². The second-order valence-electron chi connectivity index (χ2n) is 6.28. The Hall–Kier alpha value is -1.31. The van der Waals surface area contributed by atoms with E-state index in [9.17, 15) is 13.2 Å². The Kier molecular flexibility index (Phi) is 5.32. The minimum Gasteiger partial charge on any atom is -0.376 e. The maximum Gasteiger partial charge on any atom is 0.322 e. The molecular formula is C16H21ClN2O4S. The molecule has 2 aliphatic heterocycles. The molecule has 2 saturated heterocycles. The number of nitrogens with one attached hydrogen (secondary N) is 1. The van der Waals surface area contributed by atoms with Crippen molar-refractivity contribution in [3.63, 3.8) is 0 Å². The van der Waals surface area contributed by atoms with Gasteiger partial charge in [-0.05, 0) is 37.5 Å². The van der Waals surface area contributed by atoms with Crippen LogP contribution in [0, 0.1) is 0 Å². The summed E-state index contributed by atoms with van der Waals surface area (Å²) in [5, 5.41) is 3.34. The van der Waals surface area contributed by atoms with Crippen molar-refractivity contribution < 1.29 is 17.9 Å². The fraction of sp³-hybridized carbons (Fsp3) is 0.562. The predicted molar refractivity (Wildman–Crippen MR) is 93.2 cm³/mol. The lowest BCUT2D eigenvalue weighted by Gasteiger charge is -2.30. The van der Waals surface area contributed by atoms with Crippen LogP contribution in [0.2, 0.25) is 5.02 Å². The van der Waals surface area contributed by atoms with Gasteiger partial charge in [0, 0.05) is 29.9 Å². The number of anilines is 1. The summed E-state index contributed by atoms with van der Waals surface area (Å²) in [6, 6.07) is 6.27. The smallest absolute Gasteiger partial charge is 0.322 e. The van der Waals surface area contributed by atoms with E-state index in [2.05, 4.69) is 5.32 Å². The number of sulfone groups is 1. The summed E-state index contributed by atoms with van der Waals surface area (Å²) >= 11 is 5.95. The average molecular weight is 373 g/mol. The fourth-order valence-corrected chi connectivity index (χ4v) is 5.11. The van der Waals surface area contributed by atoms with Gasteiger partial charge in [-0.1, -0.05) is 17.7 Å². The van der Waals surface area contributed by atoms with Crippen LogP contribution in [0.25, 0.3) is 0 Å². The van der Waals surface area contributed by atoms with Crippen LogP contribution in [0.5, 0.6) is 0 Å². The minimum atomic E-state index is -3.07. The van der Waals surface area contributed by atoms with Crippen molar-refractivity contribution >= 4 is 33.2 Å². The molecule has 0 aliphatic carbocycles. The number of urea groups is 1. The van der Waals surface area contributed by atoms with E-state index < -0.39 is 9.84 Å². The number of halogens is 1. The average Bonchev–Trinajstić information content (AvgIpc) is 3.14. The van der Waals surface area contributed by atoms with Crippen molar-refractivity contribution in [3.05, 3.63) is 29.3 Å². The van der Waals surface area contributed by atoms with Gasteiger partial charge in [-0.3, -0.25) is 0 Å². The number of hydrogen-bond donors (Lipinski definition) is 1. The van der Waals surface area contributed by atoms with E-state index in [4.69, 9.17) is 16.3 Å². The monoisotopic (exact) mass is 372 g/mol. The molecule has 1 N–H and O–H groups in total. The molecule has 2 atom stereocenters. The van der Waals surface area contributed by atoms with E-state index in [0.29, 0.717) is 30.3 Å². The van der Waals surface area contributed by atoms with Crippen molar-refractivity contribution in [3.8, 4) is 0 Å². The first-order chi connectivity index (χ1) is 11.4. The molecule has 1 aromatic carbocycles. The quantitative estimate of drug-likeness (QED) is 0.881. The maximum atomic E-state index is 12.7. The Morgan fingerprint density at radius 3 is 2.83 bits per heavy atom. The van der Waals surface area contributed by atoms with E-state index in [1.54, 1.807) is 29.2 Å². The lowest BCUT2D eigenvalue weighted by Crippen LogP contribution is -2.47. The molecule has 2 heterocycles. The molecule has 2 fully saturated rings. The summed E-state index contributed by atoms with van der Waals surface area (Å²) in [4.78, 5) is 14.3. The van der Waals surface area contributed by atoms with E-state index in [0.717, 1.165) is 12.8 Å². The molecule has 0 saturated carbocycles. The maximum absolute atomic E-state index is 12.7. The van der Waals surface area contributed by atoms with Gasteiger partial charge in [-0.15, -0.1) is 0 Å². The van der Waals surface area contributed by atoms with Gasteiger partial charge in [-0.2, -0.15) is 0 Å². The van der Waals surface area contributed by atoms with Gasteiger partial charge in [0.2, 0.25) is 0 Å². The highest BCUT2D eigenvalue weighted by Crippen LogP contribution is 2.23. The van der Waals surface area contributed by atoms with Crippen molar-refractivity contribution in [2.24, 2.45) is 0 Å². The van der Waals surface area contributed by atoms with E-state index in [-0.39, 0.29) is 29.7 Å². The Morgan fingerprint density at radius 1 is 1.38 bits per heavy atom. The van der Waals surface area contributed by atoms with Gasteiger partial charge in [0.25, 0.3) is 0 Å². The highest BCUT2D eigenvalue weighted by atomic mass is 35.5. The zero-order valence-electron chi connectivity index (χ0n) is 13.3. The summed E-state index contributed by atoms with van der Waals surface area (Å²) in [6.07, 6.45) is 2.30. The molecule has 0 aromatic heterocycles. The van der Waals surface area contributed by atoms with E-state index in [1.807, 2.05) is 0 Å². The molecule has 3 rings (SSSR count). The summed E-state index contributed by atoms with van der Waals surface area (Å²) in [5.74, 6) is 0.146. The third kappa shape index (κ3) is 4.40. The van der Waals surface area contributed by atoms with Crippen LogP contribution in [-0.2, 0) is 14.6 Å². The van der Waals surface area contributed by atoms with Crippen LogP contribution in [-0.4, -0.2) is 56.2 Å². The van der Waals surface area contributed by atoms with Gasteiger partial charge in [0.05, 0.1) is 17.6 Å². The van der Waals surface area contributed by atoms with Crippen LogP contribution in [0.1, 0.15) is 19.3 Å². The molecular weight excluding hydrogens is 352 g/mol. The Morgan fingerprint density at radius 2 is 2.21 bits per heavy atom. The summed E-state index contributed by atoms with van der Waals surface area (Å²) in [7, 11) is -3.07. The summed E-state index contributed by atoms with van der Waals surface area (Å²) < 4.78 is 29.2. The number of amides is 2. The number of carbonyl (C=O) groups excluding carboxylic acids is 1. The van der Waals surface area contributed by atoms with Crippen LogP contribution < -0.4 is 5.32 Å². The Labute approximate surface area is 147 Å². The lowest BCUT2D eigenvalue weighted by atomic mass is 10.2. The molecule has 0 radical (unpaired) electrons. The molecule has 24 heavy (non-hydrogen) atoms. The van der Waals surface area contributed by atoms with Crippen molar-refractivity contribution in [2.75, 3.05) is 30.0 Å². The first-order valence-corrected chi connectivity index (χ1v) is 10.3. The molecule has 1 aromatic rings. The highest BCUT2D eigenvalue weighted by molar-refractivity contribution is 7.91. The summed E-state index contributed by atoms with van der Waals surface area (Å²) in [5.41, 5.74) is 0.589. The van der Waals surface area contributed by atoms with Crippen LogP contribution in [0.15, 0.2) is 24.3 Å². The van der Waals surface area contributed by atoms with Crippen LogP contribution in [0.3, 0.4) is 0 Å². The molecule has 132 valence electrons. The molecule has 2 aliphatic rings. The van der Waals surface area contributed by atoms with Crippen LogP contribution >= 0.6 is 11.6 Å². The number of rotatable bonds is 4. The van der Waals surface area contributed by atoms with Crippen molar-refractivity contribution in [2.45, 2.75) is 31.4 Å². The largest absolute Gasteiger partial charge is 0.376 e. The number of ether oxygens (including phenoxy) is 1. The first kappa shape index (κ1) is 17.5. The highest BCUT2D eigenvalue weighted by Gasteiger charge is 2.36. The first-order valence-electron chi connectivity index (χ1n) is 8.08. The minimum absolute atomic E-state index is 0.0166. The van der Waals surface area contributed by atoms with Gasteiger partial charge < -0.3 is 15.0 Å². The standard InChI is InChI=1S/C16H21ClN2O4S/c17-12-3-1-4-13(9-12)18-16(20)19(10-15-5-2-7-23-15)14-6-8-24(21,22)11-14/h1,3-4,9,14-15H,2,5-8,10-11H2,(H,18,20). The summed E-state index contributed by atoms with van der Waals surface area (Å²) in [6.45, 7) is 1.10. The zero-order valence-corrected chi connectivity index (χ0v) is 14.9. The van der Waals surface area contributed by atoms with E-state index in [1.165, 1.54) is 0 Å². The zero-order chi connectivity index (χ0) is 17.2. The molecule has 2 amide bonds. The van der Waals surface area contributed by atoms with E-state index >= 15 is 0 Å². The lowest BCUT2D eigenvalue weighted by molar-refractivity contribution is 0.0751. The number of nitrogens with zero attached hydrogens (tertiary/aromatic N) is 1. The van der Waals surface area contributed by atoms with Gasteiger partial charge in [-0.25, -0.2) is 13.2 Å². The molecule has 6 nitrogen and oxygen atoms in total. The van der Waals surface area contributed by atoms with Gasteiger partial charge >= 0.3 is 6.03 Å². The van der Waals surface area contributed by atoms with Gasteiger partial charge in [0.1, 0.15) is 0 Å². The molecule has 8 heteroatoms. The Bertz CT molecular complexity index is 704. The molecule has 2 unspecified atom stereocenters. The SMILES string of the molecule is O=C(Nc1cccc(Cl)c1)N(CC1CCCO1)C1CCS(=O)(=O)C1. The second kappa shape index (κ2) is 7.29.